The van der Waals surface area contributed by atoms with Gasteiger partial charge in [-0.1, -0.05) is 42.3 Å². The van der Waals surface area contributed by atoms with E-state index in [4.69, 9.17) is 21.6 Å². The van der Waals surface area contributed by atoms with Crippen molar-refractivity contribution in [3.05, 3.63) is 59.7 Å². The van der Waals surface area contributed by atoms with E-state index in [1.165, 1.54) is 5.56 Å². The zero-order valence-electron chi connectivity index (χ0n) is 15.1. The lowest BCUT2D eigenvalue weighted by molar-refractivity contribution is -0.122. The first-order valence-corrected chi connectivity index (χ1v) is 8.70. The number of methoxy groups -OCH3 is 1. The van der Waals surface area contributed by atoms with Crippen LogP contribution >= 0.6 is 0 Å². The molecule has 2 aromatic rings. The van der Waals surface area contributed by atoms with E-state index in [0.29, 0.717) is 17.9 Å². The number of carbonyl (C=O) groups is 1. The number of nitrogens with two attached hydrogens (primary N) is 1. The Morgan fingerprint density at radius 3 is 2.38 bits per heavy atom. The standard InChI is InChI=1S/C22H25NO3/c1-3-15-26-20-14-11-18(16-21(20)25-2)10-13-19(22(23)24)12-9-17-7-5-4-6-8-17/h1,4-8,11,14,16,19H,9-10,12-13,15H2,2H3,(H2,23,24). The van der Waals surface area contributed by atoms with Crippen LogP contribution in [0, 0.1) is 18.3 Å². The predicted molar refractivity (Wildman–Crippen MR) is 103 cm³/mol. The van der Waals surface area contributed by atoms with Gasteiger partial charge in [0, 0.05) is 5.92 Å². The second-order valence-electron chi connectivity index (χ2n) is 6.14. The fourth-order valence-electron chi connectivity index (χ4n) is 2.86. The molecule has 2 N–H and O–H groups in total. The van der Waals surface area contributed by atoms with E-state index in [-0.39, 0.29) is 18.4 Å². The highest BCUT2D eigenvalue weighted by molar-refractivity contribution is 5.76. The van der Waals surface area contributed by atoms with Crippen molar-refractivity contribution < 1.29 is 14.3 Å². The van der Waals surface area contributed by atoms with Crippen LogP contribution in [0.4, 0.5) is 0 Å². The van der Waals surface area contributed by atoms with Gasteiger partial charge in [0.2, 0.25) is 5.91 Å². The second kappa shape index (κ2) is 10.1. The zero-order valence-corrected chi connectivity index (χ0v) is 15.1. The maximum absolute atomic E-state index is 11.8. The minimum Gasteiger partial charge on any atom is -0.493 e. The Kier molecular flexibility index (Phi) is 7.57. The number of benzene rings is 2. The molecule has 0 aromatic heterocycles. The summed E-state index contributed by atoms with van der Waals surface area (Å²) in [7, 11) is 1.59. The first-order chi connectivity index (χ1) is 12.6. The molecular formula is C22H25NO3. The molecule has 2 rings (SSSR count). The maximum atomic E-state index is 11.8. The van der Waals surface area contributed by atoms with Gasteiger partial charge in [-0.3, -0.25) is 4.79 Å². The smallest absolute Gasteiger partial charge is 0.220 e. The van der Waals surface area contributed by atoms with E-state index >= 15 is 0 Å². The van der Waals surface area contributed by atoms with Crippen molar-refractivity contribution in [2.24, 2.45) is 11.7 Å². The summed E-state index contributed by atoms with van der Waals surface area (Å²) >= 11 is 0. The minimum atomic E-state index is -0.248. The van der Waals surface area contributed by atoms with Crippen molar-refractivity contribution in [3.63, 3.8) is 0 Å². The summed E-state index contributed by atoms with van der Waals surface area (Å²) in [6, 6.07) is 15.9. The van der Waals surface area contributed by atoms with Gasteiger partial charge in [0.05, 0.1) is 7.11 Å². The summed E-state index contributed by atoms with van der Waals surface area (Å²) in [4.78, 5) is 11.8. The largest absolute Gasteiger partial charge is 0.493 e. The molecule has 0 saturated heterocycles. The van der Waals surface area contributed by atoms with Gasteiger partial charge < -0.3 is 15.2 Å². The lowest BCUT2D eigenvalue weighted by Crippen LogP contribution is -2.24. The fraction of sp³-hybridized carbons (Fsp3) is 0.318. The Morgan fingerprint density at radius 2 is 1.77 bits per heavy atom. The van der Waals surface area contributed by atoms with Gasteiger partial charge >= 0.3 is 0 Å². The molecule has 0 aliphatic heterocycles. The Balaban J connectivity index is 1.95. The molecule has 1 amide bonds. The molecule has 0 fully saturated rings. The summed E-state index contributed by atoms with van der Waals surface area (Å²) < 4.78 is 10.8. The molecule has 0 radical (unpaired) electrons. The lowest BCUT2D eigenvalue weighted by Gasteiger charge is -2.15. The summed E-state index contributed by atoms with van der Waals surface area (Å²) in [6.45, 7) is 0.193. The van der Waals surface area contributed by atoms with Crippen LogP contribution in [0.1, 0.15) is 24.0 Å². The number of aryl methyl sites for hydroxylation is 2. The predicted octanol–water partition coefficient (Wildman–Crippen LogP) is 3.37. The van der Waals surface area contributed by atoms with E-state index in [9.17, 15) is 4.79 Å². The molecule has 1 unspecified atom stereocenters. The molecular weight excluding hydrogens is 326 g/mol. The average Bonchev–Trinajstić information content (AvgIpc) is 2.67. The number of ether oxygens (including phenoxy) is 2. The van der Waals surface area contributed by atoms with Crippen LogP contribution in [-0.2, 0) is 17.6 Å². The van der Waals surface area contributed by atoms with E-state index in [1.807, 2.05) is 36.4 Å². The van der Waals surface area contributed by atoms with Gasteiger partial charge in [-0.2, -0.15) is 0 Å². The average molecular weight is 351 g/mol. The molecule has 26 heavy (non-hydrogen) atoms. The maximum Gasteiger partial charge on any atom is 0.220 e. The Hall–Kier alpha value is -2.93. The number of terminal acetylenes is 1. The van der Waals surface area contributed by atoms with Crippen molar-refractivity contribution in [1.82, 2.24) is 0 Å². The highest BCUT2D eigenvalue weighted by atomic mass is 16.5. The number of hydrogen-bond acceptors (Lipinski definition) is 3. The second-order valence-corrected chi connectivity index (χ2v) is 6.14. The minimum absolute atomic E-state index is 0.154. The highest BCUT2D eigenvalue weighted by Gasteiger charge is 2.16. The first-order valence-electron chi connectivity index (χ1n) is 8.70. The SMILES string of the molecule is C#CCOc1ccc(CCC(CCc2ccccc2)C(N)=O)cc1OC. The van der Waals surface area contributed by atoms with Crippen LogP contribution in [0.3, 0.4) is 0 Å². The third kappa shape index (κ3) is 5.86. The molecule has 0 aliphatic carbocycles. The molecule has 0 heterocycles. The number of hydrogen-bond donors (Lipinski definition) is 1. The topological polar surface area (TPSA) is 61.5 Å². The van der Waals surface area contributed by atoms with Gasteiger partial charge in [0.25, 0.3) is 0 Å². The van der Waals surface area contributed by atoms with Crippen LogP contribution in [0.25, 0.3) is 0 Å². The van der Waals surface area contributed by atoms with Gasteiger partial charge in [0.1, 0.15) is 6.61 Å². The Bertz CT molecular complexity index is 750. The van der Waals surface area contributed by atoms with Crippen LogP contribution in [-0.4, -0.2) is 19.6 Å². The van der Waals surface area contributed by atoms with Crippen LogP contribution < -0.4 is 15.2 Å². The molecule has 0 saturated carbocycles. The number of carbonyl (C=O) groups excluding carboxylic acids is 1. The molecule has 0 aliphatic rings. The first kappa shape index (κ1) is 19.4. The van der Waals surface area contributed by atoms with Gasteiger partial charge in [-0.05, 0) is 48.9 Å². The van der Waals surface area contributed by atoms with Crippen LogP contribution in [0.5, 0.6) is 11.5 Å². The van der Waals surface area contributed by atoms with Crippen LogP contribution in [0.15, 0.2) is 48.5 Å². The van der Waals surface area contributed by atoms with Gasteiger partial charge in [0.15, 0.2) is 11.5 Å². The van der Waals surface area contributed by atoms with E-state index in [0.717, 1.165) is 24.8 Å². The molecule has 0 bridgehead atoms. The van der Waals surface area contributed by atoms with E-state index in [2.05, 4.69) is 18.1 Å². The van der Waals surface area contributed by atoms with Crippen molar-refractivity contribution >= 4 is 5.91 Å². The third-order valence-electron chi connectivity index (χ3n) is 4.35. The number of rotatable bonds is 10. The van der Waals surface area contributed by atoms with Crippen molar-refractivity contribution in [1.29, 1.82) is 0 Å². The normalized spacial score (nSPS) is 11.4. The van der Waals surface area contributed by atoms with Crippen molar-refractivity contribution in [2.45, 2.75) is 25.7 Å². The van der Waals surface area contributed by atoms with Crippen molar-refractivity contribution in [2.75, 3.05) is 13.7 Å². The number of primary amides is 1. The number of amides is 1. The molecule has 2 aromatic carbocycles. The van der Waals surface area contributed by atoms with Crippen molar-refractivity contribution in [3.8, 4) is 23.8 Å². The van der Waals surface area contributed by atoms with Gasteiger partial charge in [-0.15, -0.1) is 6.42 Å². The van der Waals surface area contributed by atoms with E-state index < -0.39 is 0 Å². The fourth-order valence-corrected chi connectivity index (χ4v) is 2.86. The molecule has 1 atom stereocenters. The zero-order chi connectivity index (χ0) is 18.8. The Morgan fingerprint density at radius 1 is 1.08 bits per heavy atom. The summed E-state index contributed by atoms with van der Waals surface area (Å²) in [6.07, 6.45) is 8.26. The monoisotopic (exact) mass is 351 g/mol. The lowest BCUT2D eigenvalue weighted by atomic mass is 9.92. The molecule has 4 heteroatoms. The highest BCUT2D eigenvalue weighted by Crippen LogP contribution is 2.29. The van der Waals surface area contributed by atoms with E-state index in [1.54, 1.807) is 7.11 Å². The molecule has 136 valence electrons. The van der Waals surface area contributed by atoms with Crippen LogP contribution in [0.2, 0.25) is 0 Å². The summed E-state index contributed by atoms with van der Waals surface area (Å²) in [5, 5.41) is 0. The van der Waals surface area contributed by atoms with Gasteiger partial charge in [-0.25, -0.2) is 0 Å². The summed E-state index contributed by atoms with van der Waals surface area (Å²) in [5.41, 5.74) is 7.89. The quantitative estimate of drug-likeness (QED) is 0.668. The third-order valence-corrected chi connectivity index (χ3v) is 4.35. The Labute approximate surface area is 155 Å². The molecule has 4 nitrogen and oxygen atoms in total. The molecule has 0 spiro atoms. The summed E-state index contributed by atoms with van der Waals surface area (Å²) in [5.74, 6) is 3.28.